The highest BCUT2D eigenvalue weighted by Crippen LogP contribution is 2.27. The second-order valence-corrected chi connectivity index (χ2v) is 6.36. The topological polar surface area (TPSA) is 71.5 Å². The summed E-state index contributed by atoms with van der Waals surface area (Å²) in [7, 11) is 0. The number of ether oxygens (including phenoxy) is 1. The van der Waals surface area contributed by atoms with Crippen LogP contribution in [-0.4, -0.2) is 41.4 Å². The van der Waals surface area contributed by atoms with Crippen molar-refractivity contribution in [2.75, 3.05) is 19.7 Å². The van der Waals surface area contributed by atoms with Crippen molar-refractivity contribution in [3.8, 4) is 5.75 Å². The predicted octanol–water partition coefficient (Wildman–Crippen LogP) is 2.93. The van der Waals surface area contributed by atoms with Crippen molar-refractivity contribution in [3.63, 3.8) is 0 Å². The van der Waals surface area contributed by atoms with Crippen molar-refractivity contribution in [3.05, 3.63) is 58.3 Å². The third-order valence-corrected chi connectivity index (χ3v) is 4.03. The van der Waals surface area contributed by atoms with Crippen molar-refractivity contribution in [2.24, 2.45) is 0 Å². The number of hydrogen-bond acceptors (Lipinski definition) is 4. The molecule has 1 heterocycles. The summed E-state index contributed by atoms with van der Waals surface area (Å²) in [5, 5.41) is 3.54. The summed E-state index contributed by atoms with van der Waals surface area (Å²) >= 11 is 11.8. The first-order valence-electron chi connectivity index (χ1n) is 7.94. The van der Waals surface area contributed by atoms with E-state index in [1.165, 1.54) is 6.92 Å². The maximum absolute atomic E-state index is 11.9. The number of nitrogens with one attached hydrogen (secondary N) is 1. The molecule has 0 aliphatic carbocycles. The van der Waals surface area contributed by atoms with Gasteiger partial charge in [-0.05, 0) is 29.8 Å². The Labute approximate surface area is 162 Å². The molecule has 2 rings (SSSR count). The third kappa shape index (κ3) is 6.54. The number of rotatable bonds is 8. The van der Waals surface area contributed by atoms with Gasteiger partial charge in [-0.15, -0.1) is 0 Å². The van der Waals surface area contributed by atoms with E-state index in [1.807, 2.05) is 12.1 Å². The lowest BCUT2D eigenvalue weighted by Crippen LogP contribution is -2.38. The zero-order valence-electron chi connectivity index (χ0n) is 14.2. The van der Waals surface area contributed by atoms with Crippen molar-refractivity contribution < 1.29 is 14.3 Å². The molecule has 2 amide bonds. The Kier molecular flexibility index (Phi) is 7.69. The zero-order chi connectivity index (χ0) is 18.9. The number of hydrogen-bond donors (Lipinski definition) is 1. The molecule has 26 heavy (non-hydrogen) atoms. The van der Waals surface area contributed by atoms with Crippen LogP contribution < -0.4 is 10.1 Å². The summed E-state index contributed by atoms with van der Waals surface area (Å²) < 4.78 is 5.36. The molecule has 0 bridgehead atoms. The summed E-state index contributed by atoms with van der Waals surface area (Å²) in [6.45, 7) is 2.46. The molecule has 1 aromatic carbocycles. The summed E-state index contributed by atoms with van der Waals surface area (Å²) in [5.41, 5.74) is 0.926. The number of nitrogens with zero attached hydrogens (tertiary/aromatic N) is 2. The average molecular weight is 396 g/mol. The lowest BCUT2D eigenvalue weighted by molar-refractivity contribution is -0.130. The first kappa shape index (κ1) is 20.0. The second kappa shape index (κ2) is 9.99. The molecule has 0 atom stereocenters. The number of benzene rings is 1. The number of amides is 2. The van der Waals surface area contributed by atoms with Gasteiger partial charge in [0, 0.05) is 44.0 Å². The summed E-state index contributed by atoms with van der Waals surface area (Å²) in [6, 6.07) is 8.48. The molecule has 0 fully saturated rings. The van der Waals surface area contributed by atoms with Crippen molar-refractivity contribution in [1.82, 2.24) is 15.2 Å². The van der Waals surface area contributed by atoms with Gasteiger partial charge in [-0.1, -0.05) is 29.3 Å². The molecule has 0 aliphatic rings. The smallest absolute Gasteiger partial charge is 0.258 e. The van der Waals surface area contributed by atoms with Gasteiger partial charge in [-0.2, -0.15) is 0 Å². The highest BCUT2D eigenvalue weighted by molar-refractivity contribution is 6.35. The molecule has 0 saturated heterocycles. The molecule has 0 aliphatic heterocycles. The van der Waals surface area contributed by atoms with E-state index in [0.29, 0.717) is 35.4 Å². The molecule has 6 nitrogen and oxygen atoms in total. The minimum atomic E-state index is -0.305. The van der Waals surface area contributed by atoms with E-state index in [-0.39, 0.29) is 18.4 Å². The minimum absolute atomic E-state index is 0.0766. The highest BCUT2D eigenvalue weighted by atomic mass is 35.5. The minimum Gasteiger partial charge on any atom is -0.482 e. The zero-order valence-corrected chi connectivity index (χ0v) is 15.8. The van der Waals surface area contributed by atoms with E-state index >= 15 is 0 Å². The average Bonchev–Trinajstić information content (AvgIpc) is 2.61. The largest absolute Gasteiger partial charge is 0.482 e. The predicted molar refractivity (Wildman–Crippen MR) is 100 cm³/mol. The number of carbonyl (C=O) groups excluding carboxylic acids is 2. The molecule has 1 N–H and O–H groups in total. The Morgan fingerprint density at radius 2 is 2.08 bits per heavy atom. The molecule has 1 aromatic heterocycles. The lowest BCUT2D eigenvalue weighted by Gasteiger charge is -2.21. The standard InChI is InChI=1S/C18H19Cl2N3O3/c1-13(24)23(11-14-3-2-6-21-10-14)8-7-22-18(25)12-26-17-5-4-15(19)9-16(17)20/h2-6,9-10H,7-8,11-12H2,1H3,(H,22,25). The number of pyridine rings is 1. The van der Waals surface area contributed by atoms with E-state index in [9.17, 15) is 9.59 Å². The Hall–Kier alpha value is -2.31. The fourth-order valence-corrected chi connectivity index (χ4v) is 2.64. The molecule has 8 heteroatoms. The van der Waals surface area contributed by atoms with Gasteiger partial charge in [0.25, 0.3) is 5.91 Å². The third-order valence-electron chi connectivity index (χ3n) is 3.50. The van der Waals surface area contributed by atoms with Gasteiger partial charge < -0.3 is 15.0 Å². The molecule has 0 unspecified atom stereocenters. The van der Waals surface area contributed by atoms with E-state index in [1.54, 1.807) is 35.5 Å². The van der Waals surface area contributed by atoms with Crippen LogP contribution in [0.5, 0.6) is 5.75 Å². The van der Waals surface area contributed by atoms with Crippen LogP contribution in [0.2, 0.25) is 10.0 Å². The molecule has 138 valence electrons. The van der Waals surface area contributed by atoms with Crippen LogP contribution in [0.15, 0.2) is 42.7 Å². The van der Waals surface area contributed by atoms with Gasteiger partial charge in [0.05, 0.1) is 5.02 Å². The maximum Gasteiger partial charge on any atom is 0.258 e. The highest BCUT2D eigenvalue weighted by Gasteiger charge is 2.11. The Morgan fingerprint density at radius 3 is 2.73 bits per heavy atom. The Bertz CT molecular complexity index is 757. The summed E-state index contributed by atoms with van der Waals surface area (Å²) in [6.07, 6.45) is 3.38. The number of carbonyl (C=O) groups is 2. The van der Waals surface area contributed by atoms with Crippen LogP contribution >= 0.6 is 23.2 Å². The molecule has 2 aromatic rings. The summed E-state index contributed by atoms with van der Waals surface area (Å²) in [5.74, 6) is 0.00125. The van der Waals surface area contributed by atoms with Crippen LogP contribution in [0.1, 0.15) is 12.5 Å². The monoisotopic (exact) mass is 395 g/mol. The fraction of sp³-hybridized carbons (Fsp3) is 0.278. The van der Waals surface area contributed by atoms with Gasteiger partial charge in [0.2, 0.25) is 5.91 Å². The first-order valence-corrected chi connectivity index (χ1v) is 8.70. The van der Waals surface area contributed by atoms with Gasteiger partial charge in [0.15, 0.2) is 6.61 Å². The molecule has 0 saturated carbocycles. The van der Waals surface area contributed by atoms with Crippen LogP contribution in [0.25, 0.3) is 0 Å². The fourth-order valence-electron chi connectivity index (χ4n) is 2.18. The van der Waals surface area contributed by atoms with Crippen LogP contribution in [0, 0.1) is 0 Å². The van der Waals surface area contributed by atoms with Crippen LogP contribution in [0.3, 0.4) is 0 Å². The molecule has 0 spiro atoms. The van der Waals surface area contributed by atoms with Gasteiger partial charge >= 0.3 is 0 Å². The number of aromatic nitrogens is 1. The van der Waals surface area contributed by atoms with Gasteiger partial charge in [-0.3, -0.25) is 14.6 Å². The normalized spacial score (nSPS) is 10.3. The van der Waals surface area contributed by atoms with Crippen LogP contribution in [0.4, 0.5) is 0 Å². The van der Waals surface area contributed by atoms with E-state index in [0.717, 1.165) is 5.56 Å². The van der Waals surface area contributed by atoms with Gasteiger partial charge in [-0.25, -0.2) is 0 Å². The Balaban J connectivity index is 1.76. The quantitative estimate of drug-likeness (QED) is 0.745. The maximum atomic E-state index is 11.9. The molecule has 0 radical (unpaired) electrons. The van der Waals surface area contributed by atoms with Crippen molar-refractivity contribution in [1.29, 1.82) is 0 Å². The van der Waals surface area contributed by atoms with Crippen molar-refractivity contribution in [2.45, 2.75) is 13.5 Å². The van der Waals surface area contributed by atoms with Crippen LogP contribution in [-0.2, 0) is 16.1 Å². The van der Waals surface area contributed by atoms with Gasteiger partial charge in [0.1, 0.15) is 5.75 Å². The Morgan fingerprint density at radius 1 is 1.27 bits per heavy atom. The molecular weight excluding hydrogens is 377 g/mol. The van der Waals surface area contributed by atoms with E-state index < -0.39 is 0 Å². The SMILES string of the molecule is CC(=O)N(CCNC(=O)COc1ccc(Cl)cc1Cl)Cc1cccnc1. The second-order valence-electron chi connectivity index (χ2n) is 5.52. The first-order chi connectivity index (χ1) is 12.5. The number of halogens is 2. The van der Waals surface area contributed by atoms with E-state index in [2.05, 4.69) is 10.3 Å². The molecular formula is C18H19Cl2N3O3. The lowest BCUT2D eigenvalue weighted by atomic mass is 10.2. The summed E-state index contributed by atoms with van der Waals surface area (Å²) in [4.78, 5) is 29.3. The van der Waals surface area contributed by atoms with Crippen molar-refractivity contribution >= 4 is 35.0 Å². The van der Waals surface area contributed by atoms with E-state index in [4.69, 9.17) is 27.9 Å².